The first-order valence-electron chi connectivity index (χ1n) is 5.11. The lowest BCUT2D eigenvalue weighted by molar-refractivity contribution is 0.597. The van der Waals surface area contributed by atoms with E-state index in [0.29, 0.717) is 11.5 Å². The highest BCUT2D eigenvalue weighted by molar-refractivity contribution is 9.10. The van der Waals surface area contributed by atoms with E-state index in [4.69, 9.17) is 5.73 Å². The maximum Gasteiger partial charge on any atom is 0.148 e. The van der Waals surface area contributed by atoms with Crippen LogP contribution in [0.5, 0.6) is 0 Å². The number of benzene rings is 1. The molecule has 2 aromatic rings. The van der Waals surface area contributed by atoms with Gasteiger partial charge in [-0.25, -0.2) is 13.8 Å². The van der Waals surface area contributed by atoms with Gasteiger partial charge in [0.1, 0.15) is 17.5 Å². The standard InChI is InChI=1S/C12H10BrF2N3/c1-6-2-7(16)5-17-12(6)18-11-4-9(14)8(13)3-10(11)15/h2-5H,16H2,1H3,(H,17,18). The Balaban J connectivity index is 2.37. The van der Waals surface area contributed by atoms with Gasteiger partial charge in [0.15, 0.2) is 0 Å². The van der Waals surface area contributed by atoms with E-state index in [1.54, 1.807) is 13.0 Å². The molecule has 1 aromatic carbocycles. The van der Waals surface area contributed by atoms with Crippen molar-refractivity contribution >= 4 is 33.1 Å². The van der Waals surface area contributed by atoms with Crippen molar-refractivity contribution in [1.82, 2.24) is 4.98 Å². The van der Waals surface area contributed by atoms with Gasteiger partial charge < -0.3 is 11.1 Å². The first kappa shape index (κ1) is 12.8. The first-order chi connectivity index (χ1) is 8.47. The summed E-state index contributed by atoms with van der Waals surface area (Å²) >= 11 is 2.91. The molecule has 0 unspecified atom stereocenters. The summed E-state index contributed by atoms with van der Waals surface area (Å²) in [5.74, 6) is -0.682. The molecular weight excluding hydrogens is 304 g/mol. The van der Waals surface area contributed by atoms with Crippen molar-refractivity contribution in [2.24, 2.45) is 0 Å². The Labute approximate surface area is 111 Å². The summed E-state index contributed by atoms with van der Waals surface area (Å²) in [5, 5.41) is 2.73. The van der Waals surface area contributed by atoms with Crippen LogP contribution in [0.2, 0.25) is 0 Å². The van der Waals surface area contributed by atoms with Gasteiger partial charge in [-0.15, -0.1) is 0 Å². The SMILES string of the molecule is Cc1cc(N)cnc1Nc1cc(F)c(Br)cc1F. The number of rotatable bonds is 2. The molecule has 0 saturated carbocycles. The zero-order valence-corrected chi connectivity index (χ0v) is 11.1. The smallest absolute Gasteiger partial charge is 0.148 e. The quantitative estimate of drug-likeness (QED) is 0.830. The number of anilines is 3. The molecule has 2 rings (SSSR count). The Bertz CT molecular complexity index is 602. The summed E-state index contributed by atoms with van der Waals surface area (Å²) < 4.78 is 27.0. The third kappa shape index (κ3) is 2.59. The van der Waals surface area contributed by atoms with Gasteiger partial charge in [-0.2, -0.15) is 0 Å². The minimum atomic E-state index is -0.568. The predicted octanol–water partition coefficient (Wildman–Crippen LogP) is 3.76. The molecule has 0 bridgehead atoms. The van der Waals surface area contributed by atoms with E-state index in [9.17, 15) is 8.78 Å². The molecule has 18 heavy (non-hydrogen) atoms. The fraction of sp³-hybridized carbons (Fsp3) is 0.0833. The Morgan fingerprint density at radius 2 is 1.94 bits per heavy atom. The van der Waals surface area contributed by atoms with Gasteiger partial charge >= 0.3 is 0 Å². The molecule has 3 nitrogen and oxygen atoms in total. The van der Waals surface area contributed by atoms with Gasteiger partial charge in [0, 0.05) is 6.07 Å². The molecular formula is C12H10BrF2N3. The van der Waals surface area contributed by atoms with Gasteiger partial charge in [0.05, 0.1) is 22.0 Å². The summed E-state index contributed by atoms with van der Waals surface area (Å²) in [6.07, 6.45) is 1.45. The van der Waals surface area contributed by atoms with Crippen LogP contribution in [0.1, 0.15) is 5.56 Å². The lowest BCUT2D eigenvalue weighted by Gasteiger charge is -2.10. The van der Waals surface area contributed by atoms with Crippen molar-refractivity contribution < 1.29 is 8.78 Å². The van der Waals surface area contributed by atoms with Crippen LogP contribution in [0.15, 0.2) is 28.9 Å². The maximum atomic E-state index is 13.6. The van der Waals surface area contributed by atoms with Crippen LogP contribution < -0.4 is 11.1 Å². The molecule has 0 amide bonds. The van der Waals surface area contributed by atoms with Crippen molar-refractivity contribution in [1.29, 1.82) is 0 Å². The van der Waals surface area contributed by atoms with Gasteiger partial charge in [0.25, 0.3) is 0 Å². The van der Waals surface area contributed by atoms with E-state index in [2.05, 4.69) is 26.2 Å². The topological polar surface area (TPSA) is 50.9 Å². The fourth-order valence-electron chi connectivity index (χ4n) is 1.47. The van der Waals surface area contributed by atoms with Crippen molar-refractivity contribution in [3.05, 3.63) is 46.1 Å². The summed E-state index contributed by atoms with van der Waals surface area (Å²) in [6.45, 7) is 1.78. The second-order valence-corrected chi connectivity index (χ2v) is 4.66. The maximum absolute atomic E-state index is 13.6. The van der Waals surface area contributed by atoms with Gasteiger partial charge in [-0.05, 0) is 40.5 Å². The average molecular weight is 314 g/mol. The van der Waals surface area contributed by atoms with E-state index in [1.165, 1.54) is 6.20 Å². The predicted molar refractivity (Wildman–Crippen MR) is 70.7 cm³/mol. The summed E-state index contributed by atoms with van der Waals surface area (Å²) in [7, 11) is 0. The summed E-state index contributed by atoms with van der Waals surface area (Å²) in [6, 6.07) is 3.82. The number of aryl methyl sites for hydroxylation is 1. The molecule has 0 aliphatic heterocycles. The van der Waals surface area contributed by atoms with E-state index in [-0.39, 0.29) is 10.2 Å². The van der Waals surface area contributed by atoms with E-state index < -0.39 is 11.6 Å². The third-order valence-electron chi connectivity index (χ3n) is 2.36. The van der Waals surface area contributed by atoms with Crippen LogP contribution >= 0.6 is 15.9 Å². The number of aromatic nitrogens is 1. The van der Waals surface area contributed by atoms with Gasteiger partial charge in [-0.1, -0.05) is 0 Å². The number of hydrogen-bond acceptors (Lipinski definition) is 3. The van der Waals surface area contributed by atoms with Crippen LogP contribution in [0.25, 0.3) is 0 Å². The number of nitrogens with one attached hydrogen (secondary N) is 1. The van der Waals surface area contributed by atoms with Crippen molar-refractivity contribution in [3.63, 3.8) is 0 Å². The van der Waals surface area contributed by atoms with Crippen molar-refractivity contribution in [3.8, 4) is 0 Å². The second-order valence-electron chi connectivity index (χ2n) is 3.81. The Morgan fingerprint density at radius 1 is 1.22 bits per heavy atom. The highest BCUT2D eigenvalue weighted by Gasteiger charge is 2.10. The van der Waals surface area contributed by atoms with Gasteiger partial charge in [0.2, 0.25) is 0 Å². The molecule has 3 N–H and O–H groups in total. The molecule has 0 atom stereocenters. The molecule has 0 fully saturated rings. The molecule has 0 saturated heterocycles. The monoisotopic (exact) mass is 313 g/mol. The molecule has 0 aliphatic rings. The van der Waals surface area contributed by atoms with Crippen molar-refractivity contribution in [2.45, 2.75) is 6.92 Å². The molecule has 1 heterocycles. The second kappa shape index (κ2) is 4.89. The number of hydrogen-bond donors (Lipinski definition) is 2. The molecule has 6 heteroatoms. The van der Waals surface area contributed by atoms with E-state index >= 15 is 0 Å². The molecule has 1 aromatic heterocycles. The number of pyridine rings is 1. The van der Waals surface area contributed by atoms with E-state index in [1.807, 2.05) is 0 Å². The molecule has 0 aliphatic carbocycles. The van der Waals surface area contributed by atoms with Crippen molar-refractivity contribution in [2.75, 3.05) is 11.1 Å². The highest BCUT2D eigenvalue weighted by Crippen LogP contribution is 2.26. The number of nitrogens with zero attached hydrogens (tertiary/aromatic N) is 1. The van der Waals surface area contributed by atoms with Crippen LogP contribution in [0.4, 0.5) is 26.0 Å². The van der Waals surface area contributed by atoms with Crippen LogP contribution in [0, 0.1) is 18.6 Å². The normalized spacial score (nSPS) is 10.4. The number of nitrogen functional groups attached to an aromatic ring is 1. The zero-order valence-electron chi connectivity index (χ0n) is 9.47. The minimum absolute atomic E-state index is 0.0241. The average Bonchev–Trinajstić information content (AvgIpc) is 2.29. The summed E-state index contributed by atoms with van der Waals surface area (Å²) in [4.78, 5) is 4.03. The van der Waals surface area contributed by atoms with Crippen LogP contribution in [0.3, 0.4) is 0 Å². The first-order valence-corrected chi connectivity index (χ1v) is 5.90. The zero-order chi connectivity index (χ0) is 13.3. The number of halogens is 3. The molecule has 0 radical (unpaired) electrons. The lowest BCUT2D eigenvalue weighted by atomic mass is 10.2. The Kier molecular flexibility index (Phi) is 3.47. The van der Waals surface area contributed by atoms with Crippen LogP contribution in [-0.2, 0) is 0 Å². The highest BCUT2D eigenvalue weighted by atomic mass is 79.9. The Hall–Kier alpha value is -1.69. The van der Waals surface area contributed by atoms with Crippen LogP contribution in [-0.4, -0.2) is 4.98 Å². The van der Waals surface area contributed by atoms with Gasteiger partial charge in [-0.3, -0.25) is 0 Å². The number of nitrogens with two attached hydrogens (primary N) is 1. The molecule has 0 spiro atoms. The fourth-order valence-corrected chi connectivity index (χ4v) is 1.79. The largest absolute Gasteiger partial charge is 0.397 e. The third-order valence-corrected chi connectivity index (χ3v) is 2.97. The summed E-state index contributed by atoms with van der Waals surface area (Å²) in [5.41, 5.74) is 6.85. The Morgan fingerprint density at radius 3 is 2.61 bits per heavy atom. The lowest BCUT2D eigenvalue weighted by Crippen LogP contribution is -2.00. The van der Waals surface area contributed by atoms with E-state index in [0.717, 1.165) is 17.7 Å². The molecule has 94 valence electrons. The minimum Gasteiger partial charge on any atom is -0.397 e.